The van der Waals surface area contributed by atoms with Crippen molar-refractivity contribution < 1.29 is 13.5 Å². The predicted octanol–water partition coefficient (Wildman–Crippen LogP) is 3.33. The van der Waals surface area contributed by atoms with E-state index in [9.17, 15) is 8.78 Å². The molecule has 1 aromatic rings. The Bertz CT molecular complexity index is 404. The number of halogens is 2. The minimum Gasteiger partial charge on any atom is -0.380 e. The standard InChI is InChI=1S/C16H26F2N2O/c1-4-7-19-12-13-10-14(17)16(15(18)11-13)20(5-2)8-9-21-6-3/h10-11,19H,4-9,12H2,1-3H3. The number of hydrogen-bond donors (Lipinski definition) is 1. The van der Waals surface area contributed by atoms with Crippen LogP contribution in [0.25, 0.3) is 0 Å². The summed E-state index contributed by atoms with van der Waals surface area (Å²) in [7, 11) is 0. The largest absolute Gasteiger partial charge is 0.380 e. The smallest absolute Gasteiger partial charge is 0.149 e. The number of nitrogens with zero attached hydrogens (tertiary/aromatic N) is 1. The van der Waals surface area contributed by atoms with Gasteiger partial charge in [0.2, 0.25) is 0 Å². The Hall–Kier alpha value is -1.20. The maximum Gasteiger partial charge on any atom is 0.149 e. The molecule has 0 aliphatic carbocycles. The summed E-state index contributed by atoms with van der Waals surface area (Å²) in [6.07, 6.45) is 0.990. The van der Waals surface area contributed by atoms with Crippen molar-refractivity contribution >= 4 is 5.69 Å². The molecule has 0 aliphatic heterocycles. The fourth-order valence-electron chi connectivity index (χ4n) is 2.18. The van der Waals surface area contributed by atoms with Crippen LogP contribution in [0.15, 0.2) is 12.1 Å². The first-order valence-corrected chi connectivity index (χ1v) is 7.65. The van der Waals surface area contributed by atoms with Crippen molar-refractivity contribution in [3.63, 3.8) is 0 Å². The van der Waals surface area contributed by atoms with Gasteiger partial charge >= 0.3 is 0 Å². The minimum absolute atomic E-state index is 0.0384. The highest BCUT2D eigenvalue weighted by Crippen LogP contribution is 2.25. The Morgan fingerprint density at radius 1 is 1.14 bits per heavy atom. The van der Waals surface area contributed by atoms with E-state index in [2.05, 4.69) is 12.2 Å². The van der Waals surface area contributed by atoms with Crippen molar-refractivity contribution in [3.05, 3.63) is 29.3 Å². The SMILES string of the molecule is CCCNCc1cc(F)c(N(CC)CCOCC)c(F)c1. The van der Waals surface area contributed by atoms with Gasteiger partial charge in [-0.15, -0.1) is 0 Å². The zero-order valence-electron chi connectivity index (χ0n) is 13.2. The Morgan fingerprint density at radius 2 is 1.81 bits per heavy atom. The van der Waals surface area contributed by atoms with Crippen molar-refractivity contribution in [2.24, 2.45) is 0 Å². The lowest BCUT2D eigenvalue weighted by molar-refractivity contribution is 0.154. The van der Waals surface area contributed by atoms with Gasteiger partial charge in [-0.1, -0.05) is 6.92 Å². The second-order valence-corrected chi connectivity index (χ2v) is 4.86. The van der Waals surface area contributed by atoms with Gasteiger partial charge in [-0.05, 0) is 44.5 Å². The third-order valence-electron chi connectivity index (χ3n) is 3.24. The van der Waals surface area contributed by atoms with Crippen LogP contribution < -0.4 is 10.2 Å². The highest BCUT2D eigenvalue weighted by Gasteiger charge is 2.16. The maximum atomic E-state index is 14.2. The third kappa shape index (κ3) is 5.59. The molecule has 21 heavy (non-hydrogen) atoms. The van der Waals surface area contributed by atoms with Crippen molar-refractivity contribution in [2.45, 2.75) is 33.7 Å². The van der Waals surface area contributed by atoms with Crippen LogP contribution in [0.2, 0.25) is 0 Å². The molecule has 1 rings (SSSR count). The van der Waals surface area contributed by atoms with Crippen LogP contribution in [-0.2, 0) is 11.3 Å². The molecule has 0 amide bonds. The predicted molar refractivity (Wildman–Crippen MR) is 82.7 cm³/mol. The van der Waals surface area contributed by atoms with Gasteiger partial charge in [0, 0.05) is 26.2 Å². The third-order valence-corrected chi connectivity index (χ3v) is 3.24. The molecule has 0 heterocycles. The first kappa shape index (κ1) is 17.9. The molecule has 0 saturated carbocycles. The minimum atomic E-state index is -0.512. The first-order chi connectivity index (χ1) is 10.1. The normalized spacial score (nSPS) is 10.9. The fraction of sp³-hybridized carbons (Fsp3) is 0.625. The molecule has 0 unspecified atom stereocenters. The van der Waals surface area contributed by atoms with Gasteiger partial charge in [0.1, 0.15) is 17.3 Å². The van der Waals surface area contributed by atoms with Crippen molar-refractivity contribution in [3.8, 4) is 0 Å². The molecule has 0 saturated heterocycles. The zero-order chi connectivity index (χ0) is 15.7. The van der Waals surface area contributed by atoms with E-state index in [-0.39, 0.29) is 5.69 Å². The second kappa shape index (κ2) is 9.68. The molecule has 0 fully saturated rings. The summed E-state index contributed by atoms with van der Waals surface area (Å²) in [5.74, 6) is -1.02. The van der Waals surface area contributed by atoms with Gasteiger partial charge in [-0.2, -0.15) is 0 Å². The molecule has 0 bridgehead atoms. The van der Waals surface area contributed by atoms with Crippen molar-refractivity contribution in [1.82, 2.24) is 5.32 Å². The van der Waals surface area contributed by atoms with Gasteiger partial charge in [-0.3, -0.25) is 0 Å². The van der Waals surface area contributed by atoms with E-state index in [1.165, 1.54) is 12.1 Å². The zero-order valence-corrected chi connectivity index (χ0v) is 13.2. The van der Waals surface area contributed by atoms with Crippen LogP contribution >= 0.6 is 0 Å². The van der Waals surface area contributed by atoms with E-state index in [0.717, 1.165) is 13.0 Å². The summed E-state index contributed by atoms with van der Waals surface area (Å²) in [5.41, 5.74) is 0.666. The number of nitrogens with one attached hydrogen (secondary N) is 1. The second-order valence-electron chi connectivity index (χ2n) is 4.86. The summed E-state index contributed by atoms with van der Waals surface area (Å²) < 4.78 is 33.7. The summed E-state index contributed by atoms with van der Waals surface area (Å²) >= 11 is 0. The number of ether oxygens (including phenoxy) is 1. The molecular formula is C16H26F2N2O. The van der Waals surface area contributed by atoms with E-state index >= 15 is 0 Å². The molecule has 120 valence electrons. The van der Waals surface area contributed by atoms with E-state index in [1.807, 2.05) is 13.8 Å². The van der Waals surface area contributed by atoms with E-state index in [1.54, 1.807) is 4.90 Å². The Morgan fingerprint density at radius 3 is 2.33 bits per heavy atom. The van der Waals surface area contributed by atoms with E-state index in [0.29, 0.717) is 38.4 Å². The average Bonchev–Trinajstić information content (AvgIpc) is 2.45. The fourth-order valence-corrected chi connectivity index (χ4v) is 2.18. The highest BCUT2D eigenvalue weighted by atomic mass is 19.1. The van der Waals surface area contributed by atoms with Crippen LogP contribution in [0.1, 0.15) is 32.8 Å². The summed E-state index contributed by atoms with van der Waals surface area (Å²) in [6.45, 7) is 9.22. The number of rotatable bonds is 10. The van der Waals surface area contributed by atoms with Crippen LogP contribution in [0.3, 0.4) is 0 Å². The first-order valence-electron chi connectivity index (χ1n) is 7.65. The average molecular weight is 300 g/mol. The maximum absolute atomic E-state index is 14.2. The summed E-state index contributed by atoms with van der Waals surface area (Å²) in [5, 5.41) is 3.14. The lowest BCUT2D eigenvalue weighted by atomic mass is 10.1. The molecule has 0 aliphatic rings. The molecule has 0 spiro atoms. The van der Waals surface area contributed by atoms with Gasteiger partial charge in [0.15, 0.2) is 0 Å². The molecule has 5 heteroatoms. The van der Waals surface area contributed by atoms with Gasteiger partial charge in [-0.25, -0.2) is 8.78 Å². The Balaban J connectivity index is 2.81. The number of benzene rings is 1. The topological polar surface area (TPSA) is 24.5 Å². The lowest BCUT2D eigenvalue weighted by Crippen LogP contribution is -2.29. The van der Waals surface area contributed by atoms with Crippen LogP contribution in [0.5, 0.6) is 0 Å². The van der Waals surface area contributed by atoms with Crippen LogP contribution in [0.4, 0.5) is 14.5 Å². The van der Waals surface area contributed by atoms with E-state index in [4.69, 9.17) is 4.74 Å². The summed E-state index contributed by atoms with van der Waals surface area (Å²) in [6, 6.07) is 2.81. The Labute approximate surface area is 126 Å². The highest BCUT2D eigenvalue weighted by molar-refractivity contribution is 5.50. The van der Waals surface area contributed by atoms with Crippen LogP contribution in [-0.4, -0.2) is 32.8 Å². The molecule has 1 aromatic carbocycles. The van der Waals surface area contributed by atoms with Crippen molar-refractivity contribution in [1.29, 1.82) is 0 Å². The van der Waals surface area contributed by atoms with E-state index < -0.39 is 11.6 Å². The van der Waals surface area contributed by atoms with Crippen molar-refractivity contribution in [2.75, 3.05) is 37.7 Å². The molecule has 0 atom stereocenters. The van der Waals surface area contributed by atoms with Crippen LogP contribution in [0, 0.1) is 11.6 Å². The molecule has 0 radical (unpaired) electrons. The number of likely N-dealkylation sites (N-methyl/N-ethyl adjacent to an activating group) is 1. The van der Waals surface area contributed by atoms with Gasteiger partial charge in [0.05, 0.1) is 6.61 Å². The Kier molecular flexibility index (Phi) is 8.23. The number of hydrogen-bond acceptors (Lipinski definition) is 3. The van der Waals surface area contributed by atoms with Gasteiger partial charge in [0.25, 0.3) is 0 Å². The molecular weight excluding hydrogens is 274 g/mol. The van der Waals surface area contributed by atoms with Gasteiger partial charge < -0.3 is 15.0 Å². The monoisotopic (exact) mass is 300 g/mol. The summed E-state index contributed by atoms with van der Waals surface area (Å²) in [4.78, 5) is 1.67. The number of anilines is 1. The molecule has 0 aromatic heterocycles. The molecule has 1 N–H and O–H groups in total. The molecule has 3 nitrogen and oxygen atoms in total. The lowest BCUT2D eigenvalue weighted by Gasteiger charge is -2.24. The quantitative estimate of drug-likeness (QED) is 0.671.